The van der Waals surface area contributed by atoms with Crippen LogP contribution in [0.5, 0.6) is 0 Å². The molecule has 2 aromatic carbocycles. The Morgan fingerprint density at radius 1 is 0.852 bits per heavy atom. The van der Waals surface area contributed by atoms with E-state index in [1.807, 2.05) is 23.7 Å². The van der Waals surface area contributed by atoms with Gasteiger partial charge in [-0.15, -0.1) is 5.10 Å². The summed E-state index contributed by atoms with van der Waals surface area (Å²) in [5.41, 5.74) is 6.61. The summed E-state index contributed by atoms with van der Waals surface area (Å²) in [6.45, 7) is 6.14. The Morgan fingerprint density at radius 3 is 2.19 bits per heavy atom. The Bertz CT molecular complexity index is 1050. The maximum absolute atomic E-state index is 4.53. The Morgan fingerprint density at radius 2 is 1.52 bits per heavy atom. The van der Waals surface area contributed by atoms with Crippen LogP contribution in [0.15, 0.2) is 59.8 Å². The van der Waals surface area contributed by atoms with Crippen molar-refractivity contribution < 1.29 is 0 Å². The molecule has 0 aliphatic heterocycles. The molecule has 0 saturated heterocycles. The van der Waals surface area contributed by atoms with Gasteiger partial charge in [-0.2, -0.15) is 9.78 Å². The van der Waals surface area contributed by atoms with Crippen molar-refractivity contribution in [2.75, 3.05) is 0 Å². The summed E-state index contributed by atoms with van der Waals surface area (Å²) in [6.07, 6.45) is 0. The second kappa shape index (κ2) is 7.36. The molecule has 0 spiro atoms. The van der Waals surface area contributed by atoms with E-state index in [1.54, 1.807) is 16.4 Å². The maximum Gasteiger partial charge on any atom is 0.214 e. The first-order chi connectivity index (χ1) is 13.1. The van der Waals surface area contributed by atoms with Crippen molar-refractivity contribution in [3.8, 4) is 11.4 Å². The highest BCUT2D eigenvalue weighted by atomic mass is 32.2. The Kier molecular flexibility index (Phi) is 4.77. The summed E-state index contributed by atoms with van der Waals surface area (Å²) in [5.74, 6) is 0.795. The lowest BCUT2D eigenvalue weighted by atomic mass is 10.2. The zero-order chi connectivity index (χ0) is 18.8. The monoisotopic (exact) mass is 376 g/mol. The molecule has 0 aliphatic carbocycles. The Hall–Kier alpha value is -2.93. The minimum atomic E-state index is 0.779. The smallest absolute Gasteiger partial charge is 0.214 e. The molecule has 7 heteroatoms. The quantitative estimate of drug-likeness (QED) is 0.492. The van der Waals surface area contributed by atoms with Crippen LogP contribution in [0.4, 0.5) is 0 Å². The predicted molar refractivity (Wildman–Crippen MR) is 106 cm³/mol. The van der Waals surface area contributed by atoms with E-state index in [2.05, 4.69) is 76.9 Å². The number of hydrogen-bond acceptors (Lipinski definition) is 5. The summed E-state index contributed by atoms with van der Waals surface area (Å²) in [6, 6.07) is 18.7. The van der Waals surface area contributed by atoms with Crippen LogP contribution in [-0.4, -0.2) is 30.0 Å². The third kappa shape index (κ3) is 3.78. The molecule has 0 saturated carbocycles. The topological polar surface area (TPSA) is 61.4 Å². The van der Waals surface area contributed by atoms with Crippen LogP contribution in [0.1, 0.15) is 22.5 Å². The lowest BCUT2D eigenvalue weighted by molar-refractivity contribution is 0.756. The van der Waals surface area contributed by atoms with Gasteiger partial charge in [-0.1, -0.05) is 41.6 Å². The van der Waals surface area contributed by atoms with E-state index in [4.69, 9.17) is 0 Å². The second-order valence-electron chi connectivity index (χ2n) is 6.50. The standard InChI is InChI=1S/C20H20N6S/c1-14-4-8-19(9-5-14)26-20(21-23-24-26)27-13-17-6-10-18(11-7-17)25-16(3)12-15(2)22-25/h4-12H,13H2,1-3H3. The van der Waals surface area contributed by atoms with Gasteiger partial charge >= 0.3 is 0 Å². The van der Waals surface area contributed by atoms with E-state index in [0.717, 1.165) is 33.7 Å². The first kappa shape index (κ1) is 17.5. The van der Waals surface area contributed by atoms with Crippen molar-refractivity contribution in [2.24, 2.45) is 0 Å². The van der Waals surface area contributed by atoms with Gasteiger partial charge in [0, 0.05) is 11.4 Å². The fourth-order valence-corrected chi connectivity index (χ4v) is 3.74. The minimum Gasteiger partial charge on any atom is -0.238 e. The Balaban J connectivity index is 1.48. The van der Waals surface area contributed by atoms with Crippen LogP contribution < -0.4 is 0 Å². The number of nitrogens with zero attached hydrogens (tertiary/aromatic N) is 6. The largest absolute Gasteiger partial charge is 0.238 e. The predicted octanol–water partition coefficient (Wildman–Crippen LogP) is 4.07. The van der Waals surface area contributed by atoms with Crippen molar-refractivity contribution in [3.05, 3.63) is 77.1 Å². The van der Waals surface area contributed by atoms with Crippen LogP contribution in [0.2, 0.25) is 0 Å². The van der Waals surface area contributed by atoms with E-state index in [1.165, 1.54) is 11.1 Å². The van der Waals surface area contributed by atoms with Gasteiger partial charge in [-0.25, -0.2) is 4.68 Å². The number of benzene rings is 2. The highest BCUT2D eigenvalue weighted by Gasteiger charge is 2.10. The lowest BCUT2D eigenvalue weighted by Gasteiger charge is -2.07. The highest BCUT2D eigenvalue weighted by molar-refractivity contribution is 7.98. The number of tetrazole rings is 1. The van der Waals surface area contributed by atoms with E-state index >= 15 is 0 Å². The minimum absolute atomic E-state index is 0.779. The fourth-order valence-electron chi connectivity index (χ4n) is 2.89. The molecule has 0 amide bonds. The number of rotatable bonds is 5. The molecule has 2 aromatic heterocycles. The molecule has 0 fully saturated rings. The molecule has 6 nitrogen and oxygen atoms in total. The van der Waals surface area contributed by atoms with E-state index in [0.29, 0.717) is 0 Å². The van der Waals surface area contributed by atoms with Crippen molar-refractivity contribution in [2.45, 2.75) is 31.7 Å². The first-order valence-electron chi connectivity index (χ1n) is 8.71. The zero-order valence-corrected chi connectivity index (χ0v) is 16.3. The molecule has 0 N–H and O–H groups in total. The highest BCUT2D eigenvalue weighted by Crippen LogP contribution is 2.23. The number of aryl methyl sites for hydroxylation is 3. The molecule has 136 valence electrons. The molecule has 27 heavy (non-hydrogen) atoms. The van der Waals surface area contributed by atoms with Crippen molar-refractivity contribution >= 4 is 11.8 Å². The fraction of sp³-hybridized carbons (Fsp3) is 0.200. The zero-order valence-electron chi connectivity index (χ0n) is 15.5. The summed E-state index contributed by atoms with van der Waals surface area (Å²) < 4.78 is 3.73. The molecule has 0 bridgehead atoms. The van der Waals surface area contributed by atoms with Crippen molar-refractivity contribution in [1.29, 1.82) is 0 Å². The van der Waals surface area contributed by atoms with Crippen LogP contribution in [0, 0.1) is 20.8 Å². The van der Waals surface area contributed by atoms with Gasteiger partial charge in [0.25, 0.3) is 0 Å². The van der Waals surface area contributed by atoms with Gasteiger partial charge in [-0.05, 0) is 67.1 Å². The molecule has 2 heterocycles. The molecule has 0 atom stereocenters. The number of aromatic nitrogens is 6. The summed E-state index contributed by atoms with van der Waals surface area (Å²) in [4.78, 5) is 0. The van der Waals surface area contributed by atoms with Gasteiger partial charge in [0.05, 0.1) is 17.1 Å². The third-order valence-electron chi connectivity index (χ3n) is 4.28. The molecule has 0 aliphatic rings. The summed E-state index contributed by atoms with van der Waals surface area (Å²) in [5, 5.41) is 17.4. The maximum atomic E-state index is 4.53. The normalized spacial score (nSPS) is 11.1. The van der Waals surface area contributed by atoms with Gasteiger partial charge in [0.2, 0.25) is 5.16 Å². The number of thioether (sulfide) groups is 1. The Labute approximate surface area is 162 Å². The SMILES string of the molecule is Cc1ccc(-n2nnnc2SCc2ccc(-n3nc(C)cc3C)cc2)cc1. The third-order valence-corrected chi connectivity index (χ3v) is 5.27. The second-order valence-corrected chi connectivity index (χ2v) is 7.45. The van der Waals surface area contributed by atoms with Crippen molar-refractivity contribution in [1.82, 2.24) is 30.0 Å². The summed E-state index contributed by atoms with van der Waals surface area (Å²) in [7, 11) is 0. The molecule has 0 radical (unpaired) electrons. The lowest BCUT2D eigenvalue weighted by Crippen LogP contribution is -2.00. The molecule has 4 aromatic rings. The van der Waals surface area contributed by atoms with Crippen LogP contribution in [0.25, 0.3) is 11.4 Å². The van der Waals surface area contributed by atoms with E-state index < -0.39 is 0 Å². The van der Waals surface area contributed by atoms with Crippen LogP contribution in [-0.2, 0) is 5.75 Å². The average molecular weight is 376 g/mol. The van der Waals surface area contributed by atoms with Crippen LogP contribution >= 0.6 is 11.8 Å². The van der Waals surface area contributed by atoms with Gasteiger partial charge in [0.15, 0.2) is 0 Å². The van der Waals surface area contributed by atoms with Gasteiger partial charge < -0.3 is 0 Å². The molecule has 4 rings (SSSR count). The van der Waals surface area contributed by atoms with E-state index in [-0.39, 0.29) is 0 Å². The van der Waals surface area contributed by atoms with Crippen LogP contribution in [0.3, 0.4) is 0 Å². The van der Waals surface area contributed by atoms with Crippen molar-refractivity contribution in [3.63, 3.8) is 0 Å². The molecular weight excluding hydrogens is 356 g/mol. The first-order valence-corrected chi connectivity index (χ1v) is 9.69. The van der Waals surface area contributed by atoms with E-state index in [9.17, 15) is 0 Å². The molecule has 0 unspecified atom stereocenters. The summed E-state index contributed by atoms with van der Waals surface area (Å²) >= 11 is 1.62. The number of hydrogen-bond donors (Lipinski definition) is 0. The average Bonchev–Trinajstić information content (AvgIpc) is 3.27. The van der Waals surface area contributed by atoms with Gasteiger partial charge in [-0.3, -0.25) is 0 Å². The van der Waals surface area contributed by atoms with Gasteiger partial charge in [0.1, 0.15) is 0 Å². The molecular formula is C20H20N6S.